The van der Waals surface area contributed by atoms with Crippen molar-refractivity contribution in [2.24, 2.45) is 17.6 Å². The minimum absolute atomic E-state index is 0.0132. The van der Waals surface area contributed by atoms with Crippen LogP contribution in [-0.4, -0.2) is 122 Å². The molecule has 1 aliphatic rings. The molecule has 1 aromatic rings. The number of hydrogen-bond donors (Lipinski definition) is 6. The highest BCUT2D eigenvalue weighted by molar-refractivity contribution is 6.13. The Kier molecular flexibility index (Phi) is 18.3. The number of nitrogens with zero attached hydrogens (tertiary/aromatic N) is 2. The monoisotopic (exact) mass is 717 g/mol. The van der Waals surface area contributed by atoms with Gasteiger partial charge in [0.25, 0.3) is 11.8 Å². The molecule has 0 saturated carbocycles. The Bertz CT molecular complexity index is 1400. The van der Waals surface area contributed by atoms with Gasteiger partial charge in [0, 0.05) is 67.9 Å². The highest BCUT2D eigenvalue weighted by Gasteiger charge is 2.30. The summed E-state index contributed by atoms with van der Waals surface area (Å²) in [5.41, 5.74) is 5.97. The van der Waals surface area contributed by atoms with Crippen molar-refractivity contribution in [1.29, 1.82) is 0 Å². The molecule has 0 bridgehead atoms. The molecule has 0 saturated heterocycles. The quantitative estimate of drug-likeness (QED) is 0.0598. The summed E-state index contributed by atoms with van der Waals surface area (Å²) in [6, 6.07) is 3.22. The molecule has 7 amide bonds. The Morgan fingerprint density at radius 2 is 1.67 bits per heavy atom. The number of hydrogen-bond acceptors (Lipinski definition) is 11. The number of amides is 7. The molecule has 51 heavy (non-hydrogen) atoms. The number of imide groups is 1. The average Bonchev–Trinajstić information content (AvgIpc) is 3.38. The van der Waals surface area contributed by atoms with E-state index in [1.165, 1.54) is 0 Å². The third-order valence-corrected chi connectivity index (χ3v) is 7.66. The number of likely N-dealkylation sites (N-methyl/N-ethyl adjacent to an activating group) is 1. The van der Waals surface area contributed by atoms with Crippen molar-refractivity contribution >= 4 is 47.0 Å². The maximum absolute atomic E-state index is 13.5. The Labute approximate surface area is 297 Å². The van der Waals surface area contributed by atoms with Crippen molar-refractivity contribution in [2.45, 2.75) is 52.2 Å². The lowest BCUT2D eigenvalue weighted by Crippen LogP contribution is -2.48. The number of aliphatic hydroxyl groups is 1. The fourth-order valence-corrected chi connectivity index (χ4v) is 5.05. The summed E-state index contributed by atoms with van der Waals surface area (Å²) in [7, 11) is 3.48. The van der Waals surface area contributed by atoms with E-state index >= 15 is 0 Å². The van der Waals surface area contributed by atoms with E-state index < -0.39 is 35.7 Å². The van der Waals surface area contributed by atoms with Crippen molar-refractivity contribution in [2.75, 3.05) is 65.4 Å². The number of ether oxygens (including phenoxy) is 2. The molecule has 0 unspecified atom stereocenters. The van der Waals surface area contributed by atoms with E-state index in [9.17, 15) is 38.7 Å². The second-order valence-corrected chi connectivity index (χ2v) is 12.5. The first kappa shape index (κ1) is 42.3. The van der Waals surface area contributed by atoms with Crippen molar-refractivity contribution in [3.63, 3.8) is 0 Å². The van der Waals surface area contributed by atoms with Gasteiger partial charge in [0.15, 0.2) is 5.78 Å². The van der Waals surface area contributed by atoms with Gasteiger partial charge in [-0.05, 0) is 38.9 Å². The normalized spacial score (nSPS) is 13.7. The fourth-order valence-electron chi connectivity index (χ4n) is 5.05. The van der Waals surface area contributed by atoms with Crippen LogP contribution in [0.25, 0.3) is 0 Å². The van der Waals surface area contributed by atoms with Crippen LogP contribution in [-0.2, 0) is 40.1 Å². The number of rotatable bonds is 24. The Hall–Kier alpha value is -4.87. The molecule has 0 fully saturated rings. The standard InChI is InChI=1S/C34H51N7O10/c1-22(2)32(39-29(45)20-40(3)4)26(43)18-23(6-5-12-37-34(35)49)33(48)38-25-8-7-24(21-42)27(19-25)51-17-16-50-15-13-36-28(44)11-14-41-30(46)9-10-31(41)47/h7-10,19,22-23,32,42H,5-6,11-18,20-21H2,1-4H3,(H,36,44)(H,38,48)(H,39,45)(H3,35,37,49)/t23-,32+/m1/s1. The van der Waals surface area contributed by atoms with E-state index in [1.54, 1.807) is 37.2 Å². The molecule has 2 atom stereocenters. The van der Waals surface area contributed by atoms with E-state index in [4.69, 9.17) is 15.2 Å². The molecule has 0 aromatic heterocycles. The summed E-state index contributed by atoms with van der Waals surface area (Å²) < 4.78 is 11.3. The molecule has 1 aliphatic heterocycles. The third kappa shape index (κ3) is 15.7. The molecular formula is C34H51N7O10. The predicted octanol–water partition coefficient (Wildman–Crippen LogP) is -0.330. The number of carbonyl (C=O) groups excluding carboxylic acids is 7. The van der Waals surface area contributed by atoms with Crippen LogP contribution in [0.3, 0.4) is 0 Å². The maximum atomic E-state index is 13.5. The van der Waals surface area contributed by atoms with Gasteiger partial charge in [-0.1, -0.05) is 19.9 Å². The van der Waals surface area contributed by atoms with Crippen molar-refractivity contribution in [3.8, 4) is 5.75 Å². The van der Waals surface area contributed by atoms with Gasteiger partial charge < -0.3 is 46.5 Å². The van der Waals surface area contributed by atoms with Crippen LogP contribution in [0.15, 0.2) is 30.4 Å². The third-order valence-electron chi connectivity index (χ3n) is 7.66. The van der Waals surface area contributed by atoms with Gasteiger partial charge in [-0.25, -0.2) is 4.79 Å². The summed E-state index contributed by atoms with van der Waals surface area (Å²) in [4.78, 5) is 88.3. The lowest BCUT2D eigenvalue weighted by Gasteiger charge is -2.24. The summed E-state index contributed by atoms with van der Waals surface area (Å²) in [5, 5.41) is 20.5. The average molecular weight is 718 g/mol. The summed E-state index contributed by atoms with van der Waals surface area (Å²) in [5.74, 6) is -3.01. The van der Waals surface area contributed by atoms with E-state index in [-0.39, 0.29) is 95.4 Å². The molecule has 1 heterocycles. The maximum Gasteiger partial charge on any atom is 0.312 e. The van der Waals surface area contributed by atoms with Gasteiger partial charge in [0.2, 0.25) is 17.7 Å². The number of carbonyl (C=O) groups is 7. The Balaban J connectivity index is 1.93. The minimum atomic E-state index is -0.796. The number of benzene rings is 1. The van der Waals surface area contributed by atoms with E-state index in [0.29, 0.717) is 23.4 Å². The van der Waals surface area contributed by atoms with Crippen LogP contribution in [0.2, 0.25) is 0 Å². The number of urea groups is 1. The predicted molar refractivity (Wildman–Crippen MR) is 186 cm³/mol. The number of primary amides is 1. The number of nitrogens with one attached hydrogen (secondary N) is 4. The fraction of sp³-hybridized carbons (Fsp3) is 0.559. The summed E-state index contributed by atoms with van der Waals surface area (Å²) >= 11 is 0. The van der Waals surface area contributed by atoms with E-state index in [0.717, 1.165) is 17.1 Å². The van der Waals surface area contributed by atoms with Crippen LogP contribution >= 0.6 is 0 Å². The van der Waals surface area contributed by atoms with Crippen LogP contribution in [0, 0.1) is 11.8 Å². The van der Waals surface area contributed by atoms with Gasteiger partial charge in [-0.2, -0.15) is 0 Å². The zero-order valence-corrected chi connectivity index (χ0v) is 29.7. The summed E-state index contributed by atoms with van der Waals surface area (Å²) in [6.07, 6.45) is 2.75. The van der Waals surface area contributed by atoms with Crippen molar-refractivity contribution in [3.05, 3.63) is 35.9 Å². The molecule has 2 rings (SSSR count). The van der Waals surface area contributed by atoms with Crippen molar-refractivity contribution < 1.29 is 48.1 Å². The molecule has 0 aliphatic carbocycles. The number of ketones is 1. The molecule has 0 radical (unpaired) electrons. The second kappa shape index (κ2) is 22.1. The van der Waals surface area contributed by atoms with Gasteiger partial charge in [0.1, 0.15) is 12.4 Å². The summed E-state index contributed by atoms with van der Waals surface area (Å²) in [6.45, 7) is 4.19. The van der Waals surface area contributed by atoms with Gasteiger partial charge in [-0.3, -0.25) is 33.7 Å². The molecule has 0 spiro atoms. The smallest absolute Gasteiger partial charge is 0.312 e. The molecular weight excluding hydrogens is 666 g/mol. The topological polar surface area (TPSA) is 239 Å². The Morgan fingerprint density at radius 3 is 2.29 bits per heavy atom. The number of anilines is 1. The van der Waals surface area contributed by atoms with Gasteiger partial charge >= 0.3 is 6.03 Å². The largest absolute Gasteiger partial charge is 0.491 e. The first-order valence-corrected chi connectivity index (χ1v) is 16.8. The molecule has 17 heteroatoms. The highest BCUT2D eigenvalue weighted by Crippen LogP contribution is 2.25. The molecule has 1 aromatic carbocycles. The minimum Gasteiger partial charge on any atom is -0.491 e. The van der Waals surface area contributed by atoms with Crippen LogP contribution in [0.4, 0.5) is 10.5 Å². The lowest BCUT2D eigenvalue weighted by molar-refractivity contribution is -0.137. The second-order valence-electron chi connectivity index (χ2n) is 12.5. The lowest BCUT2D eigenvalue weighted by atomic mass is 9.89. The van der Waals surface area contributed by atoms with Crippen LogP contribution in [0.5, 0.6) is 5.75 Å². The molecule has 7 N–H and O–H groups in total. The number of aliphatic hydroxyl groups excluding tert-OH is 1. The van der Waals surface area contributed by atoms with Gasteiger partial charge in [-0.15, -0.1) is 0 Å². The number of Topliss-reactive ketones (excluding diaryl/α,β-unsaturated/α-hetero) is 1. The zero-order chi connectivity index (χ0) is 37.9. The van der Waals surface area contributed by atoms with E-state index in [1.807, 2.05) is 13.8 Å². The van der Waals surface area contributed by atoms with Crippen LogP contribution < -0.4 is 31.7 Å². The Morgan fingerprint density at radius 1 is 0.961 bits per heavy atom. The highest BCUT2D eigenvalue weighted by atomic mass is 16.5. The van der Waals surface area contributed by atoms with Crippen molar-refractivity contribution in [1.82, 2.24) is 25.8 Å². The molecule has 282 valence electrons. The SMILES string of the molecule is CC(C)[C@H](NC(=O)CN(C)C)C(=O)C[C@@H](CCCNC(N)=O)C(=O)Nc1ccc(CO)c(OCCOCCNC(=O)CCN2C(=O)C=CC2=O)c1. The van der Waals surface area contributed by atoms with E-state index in [2.05, 4.69) is 21.3 Å². The van der Waals surface area contributed by atoms with Gasteiger partial charge in [0.05, 0.1) is 32.4 Å². The zero-order valence-electron chi connectivity index (χ0n) is 29.7. The first-order chi connectivity index (χ1) is 24.2. The van der Waals surface area contributed by atoms with Crippen LogP contribution in [0.1, 0.15) is 45.1 Å². The molecule has 17 nitrogen and oxygen atoms in total. The number of nitrogens with two attached hydrogens (primary N) is 1. The first-order valence-electron chi connectivity index (χ1n) is 16.8.